The van der Waals surface area contributed by atoms with Gasteiger partial charge in [-0.1, -0.05) is 197 Å². The van der Waals surface area contributed by atoms with Crippen LogP contribution < -0.4 is 0 Å². The highest BCUT2D eigenvalue weighted by molar-refractivity contribution is 6.10. The molecule has 0 saturated carbocycles. The van der Waals surface area contributed by atoms with Gasteiger partial charge in [-0.15, -0.1) is 0 Å². The van der Waals surface area contributed by atoms with Crippen LogP contribution in [-0.4, -0.2) is 46.1 Å². The van der Waals surface area contributed by atoms with Gasteiger partial charge in [0.1, 0.15) is 12.7 Å². The van der Waals surface area contributed by atoms with Crippen LogP contribution >= 0.6 is 0 Å². The first-order valence-corrected chi connectivity index (χ1v) is 26.7. The molecule has 1 atom stereocenters. The molecule has 364 valence electrons. The smallest absolute Gasteiger partial charge is 0.305 e. The Kier molecular flexibility index (Phi) is 45.5. The summed E-state index contributed by atoms with van der Waals surface area (Å²) in [4.78, 5) is 39.6. The van der Waals surface area contributed by atoms with Crippen LogP contribution in [0.2, 0.25) is 0 Å². The minimum atomic E-state index is -2.56. The van der Waals surface area contributed by atoms with Gasteiger partial charge in [-0.05, 0) is 109 Å². The molecule has 0 aromatic carbocycles. The average Bonchev–Trinajstić information content (AvgIpc) is 3.28. The number of unbranched alkanes of at least 4 members (excludes halogenated alkanes) is 27. The van der Waals surface area contributed by atoms with Crippen molar-refractivity contribution in [2.45, 2.75) is 276 Å². The van der Waals surface area contributed by atoms with E-state index in [9.17, 15) is 24.6 Å². The molecule has 0 amide bonds. The summed E-state index contributed by atoms with van der Waals surface area (Å²) >= 11 is 0. The molecule has 6 nitrogen and oxygen atoms in total. The zero-order valence-corrected chi connectivity index (χ0v) is 41.5. The summed E-state index contributed by atoms with van der Waals surface area (Å²) in [6.07, 6.45) is 59.1. The number of hydrogen-bond donors (Lipinski definition) is 2. The number of carbonyl (C=O) groups is 3. The van der Waals surface area contributed by atoms with Gasteiger partial charge in [-0.2, -0.15) is 0 Å². The Morgan fingerprint density at radius 1 is 0.397 bits per heavy atom. The third-order valence-corrected chi connectivity index (χ3v) is 12.1. The maximum Gasteiger partial charge on any atom is 0.305 e. The molecule has 0 fully saturated rings. The first-order chi connectivity index (χ1) is 30.8. The summed E-state index contributed by atoms with van der Waals surface area (Å²) in [5, 5.41) is 22.7. The Bertz CT molecular complexity index is 1140. The maximum absolute atomic E-state index is 13.5. The van der Waals surface area contributed by atoms with Crippen LogP contribution in [0.4, 0.5) is 0 Å². The van der Waals surface area contributed by atoms with E-state index in [2.05, 4.69) is 81.5 Å². The largest absolute Gasteiger partial charge is 0.463 e. The van der Waals surface area contributed by atoms with Crippen LogP contribution in [0.25, 0.3) is 0 Å². The maximum atomic E-state index is 13.5. The molecule has 0 saturated heterocycles. The van der Waals surface area contributed by atoms with E-state index in [0.29, 0.717) is 19.3 Å². The predicted octanol–water partition coefficient (Wildman–Crippen LogP) is 16.4. The molecule has 2 N–H and O–H groups in total. The number of rotatable bonds is 48. The molecule has 0 heterocycles. The minimum Gasteiger partial charge on any atom is -0.463 e. The lowest BCUT2D eigenvalue weighted by atomic mass is 9.82. The van der Waals surface area contributed by atoms with E-state index in [4.69, 9.17) is 4.74 Å². The van der Waals surface area contributed by atoms with Gasteiger partial charge in [-0.25, -0.2) is 0 Å². The van der Waals surface area contributed by atoms with Crippen molar-refractivity contribution in [1.29, 1.82) is 0 Å². The molecule has 0 aliphatic carbocycles. The molecule has 6 heteroatoms. The molecule has 0 bridgehead atoms. The van der Waals surface area contributed by atoms with E-state index < -0.39 is 35.8 Å². The molecular weight excluding hydrogens is 781 g/mol. The third kappa shape index (κ3) is 38.4. The highest BCUT2D eigenvalue weighted by atomic mass is 16.5. The van der Waals surface area contributed by atoms with E-state index in [0.717, 1.165) is 122 Å². The van der Waals surface area contributed by atoms with Crippen molar-refractivity contribution in [2.75, 3.05) is 6.61 Å². The fraction of sp³-hybridized carbons (Fsp3) is 0.772. The van der Waals surface area contributed by atoms with Crippen molar-refractivity contribution < 1.29 is 29.3 Å². The van der Waals surface area contributed by atoms with E-state index in [1.165, 1.54) is 83.5 Å². The minimum absolute atomic E-state index is 0.00875. The van der Waals surface area contributed by atoms with Gasteiger partial charge in [0.2, 0.25) is 5.60 Å². The van der Waals surface area contributed by atoms with Crippen molar-refractivity contribution in [1.82, 2.24) is 0 Å². The average molecular weight is 881 g/mol. The fourth-order valence-corrected chi connectivity index (χ4v) is 7.81. The molecule has 0 spiro atoms. The van der Waals surface area contributed by atoms with E-state index >= 15 is 0 Å². The molecule has 0 rings (SSSR count). The monoisotopic (exact) mass is 881 g/mol. The molecule has 0 radical (unpaired) electrons. The first kappa shape index (κ1) is 60.4. The molecule has 63 heavy (non-hydrogen) atoms. The van der Waals surface area contributed by atoms with Crippen molar-refractivity contribution >= 4 is 17.5 Å². The Labute approximate surface area is 389 Å². The second-order valence-electron chi connectivity index (χ2n) is 18.1. The SMILES string of the molecule is CCCCC/C=C\C/C=C\CCCCCCCC(=O)C(O)(C(=O)CCCCCCC/C=C\C/C=C\CCCCC)C(O)COC(=O)CCCCCCC/C=C\CCCCCCCC. The van der Waals surface area contributed by atoms with Crippen LogP contribution in [-0.2, 0) is 19.1 Å². The van der Waals surface area contributed by atoms with Crippen LogP contribution in [0.15, 0.2) is 60.8 Å². The lowest BCUT2D eigenvalue weighted by Crippen LogP contribution is -2.57. The Balaban J connectivity index is 4.72. The van der Waals surface area contributed by atoms with Gasteiger partial charge in [0, 0.05) is 19.3 Å². The summed E-state index contributed by atoms with van der Waals surface area (Å²) in [5.74, 6) is -1.81. The highest BCUT2D eigenvalue weighted by Crippen LogP contribution is 2.23. The number of esters is 1. The summed E-state index contributed by atoms with van der Waals surface area (Å²) in [6, 6.07) is 0. The van der Waals surface area contributed by atoms with E-state index in [1.807, 2.05) is 0 Å². The number of ketones is 2. The summed E-state index contributed by atoms with van der Waals surface area (Å²) < 4.78 is 5.35. The first-order valence-electron chi connectivity index (χ1n) is 26.7. The lowest BCUT2D eigenvalue weighted by molar-refractivity contribution is -0.172. The van der Waals surface area contributed by atoms with Crippen molar-refractivity contribution in [3.63, 3.8) is 0 Å². The van der Waals surface area contributed by atoms with Crippen LogP contribution in [0, 0.1) is 0 Å². The van der Waals surface area contributed by atoms with Gasteiger partial charge in [0.15, 0.2) is 11.6 Å². The standard InChI is InChI=1S/C57H100O6/c1-4-7-10-13-16-19-22-25-28-31-34-37-40-43-46-49-53(58)57(62,54(59)50-47-44-41-38-35-32-29-26-23-20-17-14-11-8-5-2)55(60)52-63-56(61)51-48-45-42-39-36-33-30-27-24-21-18-15-12-9-6-3/h16-17,19-20,25-30,55,60,62H,4-15,18,21-24,31-52H2,1-3H3/b19-16-,20-17-,28-25-,29-26-,30-27-. The summed E-state index contributed by atoms with van der Waals surface area (Å²) in [7, 11) is 0. The zero-order chi connectivity index (χ0) is 46.2. The summed E-state index contributed by atoms with van der Waals surface area (Å²) in [5.41, 5.74) is -2.56. The number of Topliss-reactive ketones (excluding diaryl/α,β-unsaturated/α-hetero) is 2. The molecule has 0 aliphatic rings. The predicted molar refractivity (Wildman–Crippen MR) is 270 cm³/mol. The summed E-state index contributed by atoms with van der Waals surface area (Å²) in [6.45, 7) is 6.14. The second-order valence-corrected chi connectivity index (χ2v) is 18.1. The van der Waals surface area contributed by atoms with Gasteiger partial charge in [0.05, 0.1) is 0 Å². The Hall–Kier alpha value is -2.57. The second kappa shape index (κ2) is 47.4. The molecule has 0 aromatic rings. The van der Waals surface area contributed by atoms with Crippen LogP contribution in [0.5, 0.6) is 0 Å². The lowest BCUT2D eigenvalue weighted by Gasteiger charge is -2.30. The van der Waals surface area contributed by atoms with Crippen molar-refractivity contribution in [3.8, 4) is 0 Å². The number of ether oxygens (including phenoxy) is 1. The van der Waals surface area contributed by atoms with Gasteiger partial charge in [0.25, 0.3) is 0 Å². The third-order valence-electron chi connectivity index (χ3n) is 12.1. The topological polar surface area (TPSA) is 101 Å². The van der Waals surface area contributed by atoms with E-state index in [-0.39, 0.29) is 19.3 Å². The van der Waals surface area contributed by atoms with Crippen LogP contribution in [0.3, 0.4) is 0 Å². The number of hydrogen-bond acceptors (Lipinski definition) is 6. The molecule has 1 unspecified atom stereocenters. The molecular formula is C57H100O6. The molecule has 0 aliphatic heterocycles. The number of carbonyl (C=O) groups excluding carboxylic acids is 3. The number of aliphatic hydroxyl groups is 2. The number of allylic oxidation sites excluding steroid dienone is 10. The number of aliphatic hydroxyl groups excluding tert-OH is 1. The van der Waals surface area contributed by atoms with Gasteiger partial charge in [-0.3, -0.25) is 14.4 Å². The Morgan fingerprint density at radius 3 is 1.03 bits per heavy atom. The van der Waals surface area contributed by atoms with Crippen molar-refractivity contribution in [2.24, 2.45) is 0 Å². The van der Waals surface area contributed by atoms with Gasteiger partial charge >= 0.3 is 5.97 Å². The fourth-order valence-electron chi connectivity index (χ4n) is 7.81. The normalized spacial score (nSPS) is 12.9. The van der Waals surface area contributed by atoms with Gasteiger partial charge < -0.3 is 14.9 Å². The highest BCUT2D eigenvalue weighted by Gasteiger charge is 2.49. The van der Waals surface area contributed by atoms with Crippen LogP contribution in [0.1, 0.15) is 265 Å². The Morgan fingerprint density at radius 2 is 0.667 bits per heavy atom. The van der Waals surface area contributed by atoms with E-state index in [1.54, 1.807) is 0 Å². The molecule has 0 aromatic heterocycles. The van der Waals surface area contributed by atoms with Crippen molar-refractivity contribution in [3.05, 3.63) is 60.8 Å². The zero-order valence-electron chi connectivity index (χ0n) is 41.5. The quantitative estimate of drug-likeness (QED) is 0.0273.